The molecule has 2 N–H and O–H groups in total. The van der Waals surface area contributed by atoms with Gasteiger partial charge in [0.25, 0.3) is 0 Å². The third-order valence-electron chi connectivity index (χ3n) is 3.03. The van der Waals surface area contributed by atoms with E-state index < -0.39 is 0 Å². The maximum absolute atomic E-state index is 6.16. The molecule has 3 aromatic rings. The summed E-state index contributed by atoms with van der Waals surface area (Å²) in [7, 11) is 0. The molecule has 0 saturated carbocycles. The second-order valence-corrected chi connectivity index (χ2v) is 5.03. The minimum Gasteiger partial charge on any atom is -0.455 e. The van der Waals surface area contributed by atoms with Gasteiger partial charge in [-0.2, -0.15) is 0 Å². The molecule has 0 unspecified atom stereocenters. The summed E-state index contributed by atoms with van der Waals surface area (Å²) in [4.78, 5) is 4.29. The van der Waals surface area contributed by atoms with Gasteiger partial charge < -0.3 is 10.5 Å². The Hall–Kier alpha value is -2.26. The van der Waals surface area contributed by atoms with Gasteiger partial charge in [-0.3, -0.25) is 4.98 Å². The Labute approximate surface area is 122 Å². The lowest BCUT2D eigenvalue weighted by Crippen LogP contribution is -1.91. The van der Waals surface area contributed by atoms with Crippen LogP contribution in [0, 0.1) is 6.92 Å². The molecule has 0 aliphatic heterocycles. The third kappa shape index (κ3) is 2.40. The van der Waals surface area contributed by atoms with E-state index in [4.69, 9.17) is 22.1 Å². The summed E-state index contributed by atoms with van der Waals surface area (Å²) in [6.07, 6.45) is 1.70. The molecular formula is C16H13ClN2O. The van der Waals surface area contributed by atoms with Gasteiger partial charge in [-0.15, -0.1) is 0 Å². The highest BCUT2D eigenvalue weighted by molar-refractivity contribution is 6.32. The molecule has 0 spiro atoms. The number of anilines is 1. The Balaban J connectivity index is 2.09. The van der Waals surface area contributed by atoms with Gasteiger partial charge >= 0.3 is 0 Å². The number of pyridine rings is 1. The molecule has 3 nitrogen and oxygen atoms in total. The number of rotatable bonds is 2. The summed E-state index contributed by atoms with van der Waals surface area (Å²) < 4.78 is 5.93. The number of nitrogens with zero attached hydrogens (tertiary/aromatic N) is 1. The average Bonchev–Trinajstić information content (AvgIpc) is 2.43. The molecule has 0 bridgehead atoms. The Morgan fingerprint density at radius 2 is 1.90 bits per heavy atom. The maximum Gasteiger partial charge on any atom is 0.146 e. The Bertz CT molecular complexity index is 787. The summed E-state index contributed by atoms with van der Waals surface area (Å²) in [6, 6.07) is 13.0. The van der Waals surface area contributed by atoms with Crippen molar-refractivity contribution in [2.24, 2.45) is 0 Å². The number of aryl methyl sites for hydroxylation is 1. The minimum atomic E-state index is 0.580. The first kappa shape index (κ1) is 12.8. The van der Waals surface area contributed by atoms with Crippen LogP contribution in [0.4, 0.5) is 5.69 Å². The highest BCUT2D eigenvalue weighted by Gasteiger charge is 2.07. The van der Waals surface area contributed by atoms with Crippen LogP contribution in [0.15, 0.2) is 48.7 Å². The van der Waals surface area contributed by atoms with Crippen LogP contribution < -0.4 is 10.5 Å². The monoisotopic (exact) mass is 284 g/mol. The van der Waals surface area contributed by atoms with Gasteiger partial charge in [-0.1, -0.05) is 17.7 Å². The van der Waals surface area contributed by atoms with Crippen LogP contribution >= 0.6 is 11.6 Å². The normalized spacial score (nSPS) is 10.7. The molecule has 0 aliphatic rings. The van der Waals surface area contributed by atoms with Crippen LogP contribution in [-0.4, -0.2) is 4.98 Å². The first-order chi connectivity index (χ1) is 9.63. The van der Waals surface area contributed by atoms with Crippen LogP contribution in [-0.2, 0) is 0 Å². The Morgan fingerprint density at radius 3 is 2.75 bits per heavy atom. The van der Waals surface area contributed by atoms with E-state index in [1.54, 1.807) is 6.20 Å². The fourth-order valence-corrected chi connectivity index (χ4v) is 2.19. The van der Waals surface area contributed by atoms with E-state index in [-0.39, 0.29) is 0 Å². The highest BCUT2D eigenvalue weighted by atomic mass is 35.5. The summed E-state index contributed by atoms with van der Waals surface area (Å²) in [5, 5.41) is 1.48. The Morgan fingerprint density at radius 1 is 1.05 bits per heavy atom. The van der Waals surface area contributed by atoms with E-state index in [9.17, 15) is 0 Å². The zero-order chi connectivity index (χ0) is 14.1. The van der Waals surface area contributed by atoms with Gasteiger partial charge in [0.2, 0.25) is 0 Å². The molecule has 0 amide bonds. The van der Waals surface area contributed by atoms with Crippen LogP contribution in [0.2, 0.25) is 5.02 Å². The van der Waals surface area contributed by atoms with Crippen molar-refractivity contribution in [3.8, 4) is 11.5 Å². The molecule has 0 atom stereocenters. The molecule has 1 heterocycles. The summed E-state index contributed by atoms with van der Waals surface area (Å²) in [5.74, 6) is 1.35. The van der Waals surface area contributed by atoms with Crippen molar-refractivity contribution < 1.29 is 4.74 Å². The van der Waals surface area contributed by atoms with Gasteiger partial charge in [0.1, 0.15) is 11.5 Å². The second kappa shape index (κ2) is 5.02. The lowest BCUT2D eigenvalue weighted by Gasteiger charge is -2.10. The van der Waals surface area contributed by atoms with Crippen LogP contribution in [0.3, 0.4) is 0 Å². The number of halogens is 1. The molecular weight excluding hydrogens is 272 g/mol. The van der Waals surface area contributed by atoms with Crippen LogP contribution in [0.25, 0.3) is 10.9 Å². The molecule has 20 heavy (non-hydrogen) atoms. The van der Waals surface area contributed by atoms with Gasteiger partial charge in [-0.25, -0.2) is 0 Å². The second-order valence-electron chi connectivity index (χ2n) is 4.62. The first-order valence-corrected chi connectivity index (χ1v) is 6.59. The fraction of sp³-hybridized carbons (Fsp3) is 0.0625. The topological polar surface area (TPSA) is 48.1 Å². The van der Waals surface area contributed by atoms with E-state index in [2.05, 4.69) is 4.98 Å². The van der Waals surface area contributed by atoms with Gasteiger partial charge in [0, 0.05) is 17.3 Å². The molecule has 0 fully saturated rings. The van der Waals surface area contributed by atoms with Gasteiger partial charge in [-0.05, 0) is 48.9 Å². The van der Waals surface area contributed by atoms with Crippen molar-refractivity contribution in [1.29, 1.82) is 0 Å². The molecule has 0 saturated heterocycles. The smallest absolute Gasteiger partial charge is 0.146 e. The Kier molecular flexibility index (Phi) is 3.20. The fourth-order valence-electron chi connectivity index (χ4n) is 2.04. The van der Waals surface area contributed by atoms with Crippen molar-refractivity contribution in [1.82, 2.24) is 4.98 Å². The summed E-state index contributed by atoms with van der Waals surface area (Å²) in [6.45, 7) is 1.99. The number of fused-ring (bicyclic) bond motifs is 1. The molecule has 2 aromatic carbocycles. The van der Waals surface area contributed by atoms with Crippen molar-refractivity contribution in [2.45, 2.75) is 6.92 Å². The number of nitrogens with two attached hydrogens (primary N) is 1. The lowest BCUT2D eigenvalue weighted by molar-refractivity contribution is 0.488. The number of benzene rings is 2. The number of hydrogen-bond donors (Lipinski definition) is 1. The van der Waals surface area contributed by atoms with Crippen LogP contribution in [0.1, 0.15) is 5.56 Å². The number of aromatic nitrogens is 1. The quantitative estimate of drug-likeness (QED) is 0.701. The zero-order valence-electron chi connectivity index (χ0n) is 10.9. The average molecular weight is 285 g/mol. The molecule has 4 heteroatoms. The first-order valence-electron chi connectivity index (χ1n) is 6.22. The summed E-state index contributed by atoms with van der Waals surface area (Å²) >= 11 is 6.16. The SMILES string of the molecule is Cc1ccc(Cl)c(Oc2ccnc3cc(N)ccc23)c1. The number of ether oxygens (including phenoxy) is 1. The lowest BCUT2D eigenvalue weighted by atomic mass is 10.2. The van der Waals surface area contributed by atoms with Gasteiger partial charge in [0.15, 0.2) is 0 Å². The van der Waals surface area contributed by atoms with E-state index in [1.807, 2.05) is 49.4 Å². The summed E-state index contributed by atoms with van der Waals surface area (Å²) in [5.41, 5.74) is 8.33. The highest BCUT2D eigenvalue weighted by Crippen LogP contribution is 2.34. The van der Waals surface area contributed by atoms with Crippen LogP contribution in [0.5, 0.6) is 11.5 Å². The molecule has 100 valence electrons. The number of nitrogen functional groups attached to an aromatic ring is 1. The zero-order valence-corrected chi connectivity index (χ0v) is 11.7. The van der Waals surface area contributed by atoms with Crippen molar-refractivity contribution in [3.05, 3.63) is 59.2 Å². The van der Waals surface area contributed by atoms with E-state index in [0.717, 1.165) is 16.5 Å². The molecule has 1 aromatic heterocycles. The minimum absolute atomic E-state index is 0.580. The van der Waals surface area contributed by atoms with E-state index in [0.29, 0.717) is 22.2 Å². The van der Waals surface area contributed by atoms with Crippen molar-refractivity contribution in [2.75, 3.05) is 5.73 Å². The van der Waals surface area contributed by atoms with E-state index in [1.165, 1.54) is 0 Å². The molecule has 0 aliphatic carbocycles. The van der Waals surface area contributed by atoms with E-state index >= 15 is 0 Å². The number of hydrogen-bond acceptors (Lipinski definition) is 3. The predicted molar refractivity (Wildman–Crippen MR) is 82.4 cm³/mol. The molecule has 3 rings (SSSR count). The van der Waals surface area contributed by atoms with Gasteiger partial charge in [0.05, 0.1) is 10.5 Å². The standard InChI is InChI=1S/C16H13ClN2O/c1-10-2-5-13(17)16(8-10)20-15-6-7-19-14-9-11(18)3-4-12(14)15/h2-9H,18H2,1H3. The third-order valence-corrected chi connectivity index (χ3v) is 3.35. The van der Waals surface area contributed by atoms with Crippen molar-refractivity contribution in [3.63, 3.8) is 0 Å². The largest absolute Gasteiger partial charge is 0.455 e. The van der Waals surface area contributed by atoms with Crippen molar-refractivity contribution >= 4 is 28.2 Å². The maximum atomic E-state index is 6.16. The molecule has 0 radical (unpaired) electrons. The predicted octanol–water partition coefficient (Wildman–Crippen LogP) is 4.57.